The van der Waals surface area contributed by atoms with Gasteiger partial charge in [-0.1, -0.05) is 12.2 Å². The van der Waals surface area contributed by atoms with Crippen molar-refractivity contribution in [3.63, 3.8) is 0 Å². The van der Waals surface area contributed by atoms with E-state index < -0.39 is 11.1 Å². The van der Waals surface area contributed by atoms with E-state index in [-0.39, 0.29) is 5.91 Å². The average molecular weight is 206 g/mol. The lowest BCUT2D eigenvalue weighted by Gasteiger charge is -2.47. The number of β-lactam (4-membered cyclic amide) rings is 1. The van der Waals surface area contributed by atoms with Crippen LogP contribution in [0.3, 0.4) is 0 Å². The maximum absolute atomic E-state index is 11.2. The van der Waals surface area contributed by atoms with Crippen LogP contribution in [-0.2, 0) is 9.63 Å². The van der Waals surface area contributed by atoms with Gasteiger partial charge < -0.3 is 5.11 Å². The number of hydrogen-bond acceptors (Lipinski definition) is 4. The van der Waals surface area contributed by atoms with E-state index in [1.807, 2.05) is 0 Å². The number of nitriles is 1. The lowest BCUT2D eigenvalue weighted by molar-refractivity contribution is -0.224. The van der Waals surface area contributed by atoms with Gasteiger partial charge in [-0.15, -0.1) is 0 Å². The molecule has 0 atom stereocenters. The number of carbonyl (C=O) groups is 1. The molecule has 1 saturated heterocycles. The van der Waals surface area contributed by atoms with Crippen molar-refractivity contribution in [3.05, 3.63) is 24.3 Å². The van der Waals surface area contributed by atoms with Crippen molar-refractivity contribution in [2.45, 2.75) is 17.6 Å². The molecule has 5 nitrogen and oxygen atoms in total. The summed E-state index contributed by atoms with van der Waals surface area (Å²) in [6.45, 7) is 0. The Kier molecular flexibility index (Phi) is 1.93. The Bertz CT molecular complexity index is 391. The van der Waals surface area contributed by atoms with Gasteiger partial charge in [-0.3, -0.25) is 9.63 Å². The second-order valence-corrected chi connectivity index (χ2v) is 3.64. The van der Waals surface area contributed by atoms with E-state index >= 15 is 0 Å². The van der Waals surface area contributed by atoms with Crippen LogP contribution < -0.4 is 0 Å². The molecule has 0 bridgehead atoms. The summed E-state index contributed by atoms with van der Waals surface area (Å²) in [7, 11) is 1.41. The van der Waals surface area contributed by atoms with E-state index in [4.69, 9.17) is 10.1 Å². The molecule has 1 heterocycles. The molecule has 1 aliphatic heterocycles. The van der Waals surface area contributed by atoms with Crippen LogP contribution in [-0.4, -0.2) is 34.3 Å². The molecule has 0 saturated carbocycles. The first-order chi connectivity index (χ1) is 7.05. The Labute approximate surface area is 86.8 Å². The van der Waals surface area contributed by atoms with Gasteiger partial charge in [-0.2, -0.15) is 5.26 Å². The molecular formula is C10H10N2O3. The van der Waals surface area contributed by atoms with E-state index in [2.05, 4.69) is 0 Å². The fourth-order valence-electron chi connectivity index (χ4n) is 1.78. The minimum absolute atomic E-state index is 0.116. The van der Waals surface area contributed by atoms with Crippen molar-refractivity contribution in [1.82, 2.24) is 5.06 Å². The maximum Gasteiger partial charge on any atom is 0.250 e. The van der Waals surface area contributed by atoms with Gasteiger partial charge in [-0.25, -0.2) is 5.06 Å². The molecular weight excluding hydrogens is 196 g/mol. The van der Waals surface area contributed by atoms with Crippen molar-refractivity contribution in [2.24, 2.45) is 0 Å². The highest BCUT2D eigenvalue weighted by Crippen LogP contribution is 2.38. The Morgan fingerprint density at radius 1 is 1.53 bits per heavy atom. The number of amides is 1. The number of carbonyl (C=O) groups excluding carboxylic acids is 1. The third-order valence-electron chi connectivity index (χ3n) is 2.65. The Balaban J connectivity index is 2.25. The second kappa shape index (κ2) is 2.92. The highest BCUT2D eigenvalue weighted by Gasteiger charge is 2.50. The van der Waals surface area contributed by atoms with Gasteiger partial charge in [0.1, 0.15) is 11.6 Å². The first-order valence-corrected chi connectivity index (χ1v) is 4.47. The monoisotopic (exact) mass is 206 g/mol. The summed E-state index contributed by atoms with van der Waals surface area (Å²) in [5.41, 5.74) is -2.18. The van der Waals surface area contributed by atoms with Crippen LogP contribution in [0.1, 0.15) is 6.42 Å². The highest BCUT2D eigenvalue weighted by atomic mass is 16.7. The smallest absolute Gasteiger partial charge is 0.250 e. The Morgan fingerprint density at radius 2 is 2.13 bits per heavy atom. The minimum atomic E-state index is -1.57. The molecule has 1 spiro atoms. The first-order valence-electron chi connectivity index (χ1n) is 4.47. The number of hydrogen-bond donors (Lipinski definition) is 1. The van der Waals surface area contributed by atoms with Gasteiger partial charge in [0.25, 0.3) is 0 Å². The molecule has 2 rings (SSSR count). The van der Waals surface area contributed by atoms with Crippen molar-refractivity contribution < 1.29 is 14.7 Å². The van der Waals surface area contributed by atoms with E-state index in [1.54, 1.807) is 18.2 Å². The molecule has 1 aliphatic carbocycles. The molecule has 2 aliphatic rings. The normalized spacial score (nSPS) is 37.9. The number of rotatable bonds is 1. The van der Waals surface area contributed by atoms with Crippen molar-refractivity contribution in [2.75, 3.05) is 7.11 Å². The lowest BCUT2D eigenvalue weighted by atomic mass is 9.80. The van der Waals surface area contributed by atoms with Gasteiger partial charge in [0, 0.05) is 0 Å². The third-order valence-corrected chi connectivity index (χ3v) is 2.65. The quantitative estimate of drug-likeness (QED) is 0.369. The highest BCUT2D eigenvalue weighted by molar-refractivity contribution is 5.86. The van der Waals surface area contributed by atoms with Crippen LogP contribution in [0.15, 0.2) is 24.3 Å². The zero-order valence-electron chi connectivity index (χ0n) is 8.17. The second-order valence-electron chi connectivity index (χ2n) is 3.64. The Morgan fingerprint density at radius 3 is 2.53 bits per heavy atom. The lowest BCUT2D eigenvalue weighted by Crippen LogP contribution is -2.61. The molecule has 15 heavy (non-hydrogen) atoms. The van der Waals surface area contributed by atoms with Crippen LogP contribution in [0.2, 0.25) is 0 Å². The van der Waals surface area contributed by atoms with Crippen LogP contribution in [0.25, 0.3) is 0 Å². The number of nitrogens with zero attached hydrogens (tertiary/aromatic N) is 2. The van der Waals surface area contributed by atoms with Gasteiger partial charge in [0.15, 0.2) is 5.60 Å². The van der Waals surface area contributed by atoms with Gasteiger partial charge >= 0.3 is 0 Å². The molecule has 1 fully saturated rings. The first kappa shape index (κ1) is 9.90. The van der Waals surface area contributed by atoms with Gasteiger partial charge in [0.05, 0.1) is 13.5 Å². The van der Waals surface area contributed by atoms with E-state index in [1.165, 1.54) is 24.3 Å². The van der Waals surface area contributed by atoms with E-state index in [9.17, 15) is 9.90 Å². The summed E-state index contributed by atoms with van der Waals surface area (Å²) < 4.78 is 0. The van der Waals surface area contributed by atoms with E-state index in [0.29, 0.717) is 6.42 Å². The summed E-state index contributed by atoms with van der Waals surface area (Å²) >= 11 is 0. The fraction of sp³-hybridized carbons (Fsp3) is 0.400. The summed E-state index contributed by atoms with van der Waals surface area (Å²) in [5.74, 6) is -0.116. The standard InChI is InChI=1S/C10H10N2O3/c1-15-12-8(13)6-9(12)2-4-10(14,7-11)5-3-9/h2-5,14H,6H2,1H3. The molecule has 0 aromatic carbocycles. The maximum atomic E-state index is 11.2. The minimum Gasteiger partial charge on any atom is -0.369 e. The number of hydroxylamine groups is 2. The third kappa shape index (κ3) is 1.27. The topological polar surface area (TPSA) is 73.6 Å². The molecule has 0 unspecified atom stereocenters. The zero-order chi connectivity index (χ0) is 11.1. The number of aliphatic hydroxyl groups is 1. The molecule has 0 radical (unpaired) electrons. The summed E-state index contributed by atoms with van der Waals surface area (Å²) in [6, 6.07) is 1.75. The summed E-state index contributed by atoms with van der Waals surface area (Å²) in [4.78, 5) is 16.1. The van der Waals surface area contributed by atoms with Crippen LogP contribution >= 0.6 is 0 Å². The van der Waals surface area contributed by atoms with Crippen molar-refractivity contribution in [1.29, 1.82) is 5.26 Å². The van der Waals surface area contributed by atoms with Crippen molar-refractivity contribution in [3.8, 4) is 6.07 Å². The molecule has 78 valence electrons. The molecule has 0 aromatic heterocycles. The largest absolute Gasteiger partial charge is 0.369 e. The fourth-order valence-corrected chi connectivity index (χ4v) is 1.78. The van der Waals surface area contributed by atoms with Crippen LogP contribution in [0.5, 0.6) is 0 Å². The van der Waals surface area contributed by atoms with Gasteiger partial charge in [0.2, 0.25) is 5.91 Å². The van der Waals surface area contributed by atoms with Gasteiger partial charge in [-0.05, 0) is 12.2 Å². The molecule has 1 amide bonds. The predicted molar refractivity (Wildman–Crippen MR) is 50.0 cm³/mol. The average Bonchev–Trinajstić information content (AvgIpc) is 2.22. The zero-order valence-corrected chi connectivity index (χ0v) is 8.17. The summed E-state index contributed by atoms with van der Waals surface area (Å²) in [5, 5.41) is 19.5. The molecule has 5 heteroatoms. The Hall–Kier alpha value is -1.64. The predicted octanol–water partition coefficient (Wildman–Crippen LogP) is -0.100. The SMILES string of the molecule is CON1C(=O)CC12C=CC(O)(C#N)C=C2. The van der Waals surface area contributed by atoms with Crippen molar-refractivity contribution >= 4 is 5.91 Å². The molecule has 1 N–H and O–H groups in total. The summed E-state index contributed by atoms with van der Waals surface area (Å²) in [6.07, 6.45) is 6.26. The molecule has 0 aromatic rings. The van der Waals surface area contributed by atoms with Crippen LogP contribution in [0.4, 0.5) is 0 Å². The van der Waals surface area contributed by atoms with E-state index in [0.717, 1.165) is 0 Å². The van der Waals surface area contributed by atoms with Crippen LogP contribution in [0, 0.1) is 11.3 Å².